The molecule has 0 spiro atoms. The third kappa shape index (κ3) is 2.38. The lowest BCUT2D eigenvalue weighted by atomic mass is 10.0. The van der Waals surface area contributed by atoms with Crippen LogP contribution in [0.4, 0.5) is 4.39 Å². The van der Waals surface area contributed by atoms with Crippen molar-refractivity contribution in [2.75, 3.05) is 6.54 Å². The van der Waals surface area contributed by atoms with Crippen molar-refractivity contribution in [3.8, 4) is 11.5 Å². The van der Waals surface area contributed by atoms with Crippen LogP contribution in [0.3, 0.4) is 0 Å². The summed E-state index contributed by atoms with van der Waals surface area (Å²) in [5.41, 5.74) is 0.947. The minimum atomic E-state index is -0.297. The molecule has 1 atom stereocenters. The van der Waals surface area contributed by atoms with E-state index in [-0.39, 0.29) is 17.7 Å². The number of halogens is 1. The highest BCUT2D eigenvalue weighted by Crippen LogP contribution is 2.26. The van der Waals surface area contributed by atoms with Crippen LogP contribution < -0.4 is 5.32 Å². The lowest BCUT2D eigenvalue weighted by molar-refractivity contribution is 0.366. The minimum absolute atomic E-state index is 0.124. The van der Waals surface area contributed by atoms with Crippen molar-refractivity contribution in [1.82, 2.24) is 15.5 Å². The Kier molecular flexibility index (Phi) is 3.29. The summed E-state index contributed by atoms with van der Waals surface area (Å²) in [6, 6.07) is 5.29. The molecule has 0 saturated carbocycles. The summed E-state index contributed by atoms with van der Waals surface area (Å²) in [6.45, 7) is 2.69. The van der Waals surface area contributed by atoms with E-state index in [2.05, 4.69) is 15.5 Å². The molecule has 2 heterocycles. The fourth-order valence-electron chi connectivity index (χ4n) is 2.37. The van der Waals surface area contributed by atoms with Gasteiger partial charge in [-0.2, -0.15) is 4.98 Å². The molecule has 0 bridgehead atoms. The number of hydrogen-bond donors (Lipinski definition) is 1. The second-order valence-electron chi connectivity index (χ2n) is 4.90. The van der Waals surface area contributed by atoms with Crippen LogP contribution in [0.2, 0.25) is 0 Å². The SMILES string of the molecule is Cc1cccc(-c2nc(C3CCCCN3)no2)c1F. The van der Waals surface area contributed by atoms with Gasteiger partial charge in [0.1, 0.15) is 5.82 Å². The zero-order chi connectivity index (χ0) is 13.2. The molecule has 0 radical (unpaired) electrons. The average Bonchev–Trinajstić information content (AvgIpc) is 2.92. The molecule has 4 nitrogen and oxygen atoms in total. The van der Waals surface area contributed by atoms with Gasteiger partial charge in [0.25, 0.3) is 5.89 Å². The monoisotopic (exact) mass is 261 g/mol. The van der Waals surface area contributed by atoms with Crippen LogP contribution in [0.25, 0.3) is 11.5 Å². The Balaban J connectivity index is 1.90. The van der Waals surface area contributed by atoms with Crippen molar-refractivity contribution >= 4 is 0 Å². The van der Waals surface area contributed by atoms with Gasteiger partial charge in [-0.25, -0.2) is 4.39 Å². The van der Waals surface area contributed by atoms with Gasteiger partial charge in [-0.05, 0) is 37.9 Å². The number of aromatic nitrogens is 2. The van der Waals surface area contributed by atoms with Gasteiger partial charge >= 0.3 is 0 Å². The van der Waals surface area contributed by atoms with Crippen molar-refractivity contribution < 1.29 is 8.91 Å². The summed E-state index contributed by atoms with van der Waals surface area (Å²) in [5, 5.41) is 7.32. The van der Waals surface area contributed by atoms with E-state index in [9.17, 15) is 4.39 Å². The number of nitrogens with one attached hydrogen (secondary N) is 1. The Morgan fingerprint density at radius 2 is 2.26 bits per heavy atom. The molecule has 1 aliphatic rings. The van der Waals surface area contributed by atoms with E-state index in [0.29, 0.717) is 17.0 Å². The molecule has 3 rings (SSSR count). The standard InChI is InChI=1S/C14H16FN3O/c1-9-5-4-6-10(12(9)15)14-17-13(18-19-14)11-7-2-3-8-16-11/h4-6,11,16H,2-3,7-8H2,1H3. The van der Waals surface area contributed by atoms with Gasteiger partial charge in [-0.15, -0.1) is 0 Å². The van der Waals surface area contributed by atoms with Crippen LogP contribution in [-0.4, -0.2) is 16.7 Å². The largest absolute Gasteiger partial charge is 0.334 e. The first-order valence-electron chi connectivity index (χ1n) is 6.58. The van der Waals surface area contributed by atoms with E-state index in [0.717, 1.165) is 19.4 Å². The van der Waals surface area contributed by atoms with E-state index in [1.807, 2.05) is 0 Å². The van der Waals surface area contributed by atoms with Gasteiger partial charge < -0.3 is 9.84 Å². The summed E-state index contributed by atoms with van der Waals surface area (Å²) in [5.74, 6) is 0.577. The Morgan fingerprint density at radius 1 is 1.37 bits per heavy atom. The van der Waals surface area contributed by atoms with E-state index in [1.165, 1.54) is 6.42 Å². The smallest absolute Gasteiger partial charge is 0.260 e. The maximum Gasteiger partial charge on any atom is 0.260 e. The van der Waals surface area contributed by atoms with Gasteiger partial charge in [0.2, 0.25) is 0 Å². The molecule has 5 heteroatoms. The highest BCUT2D eigenvalue weighted by atomic mass is 19.1. The molecule has 1 aromatic carbocycles. The molecule has 19 heavy (non-hydrogen) atoms. The van der Waals surface area contributed by atoms with E-state index < -0.39 is 0 Å². The Morgan fingerprint density at radius 3 is 3.05 bits per heavy atom. The maximum absolute atomic E-state index is 14.0. The van der Waals surface area contributed by atoms with Crippen molar-refractivity contribution in [3.63, 3.8) is 0 Å². The maximum atomic E-state index is 14.0. The lowest BCUT2D eigenvalue weighted by Gasteiger charge is -2.19. The van der Waals surface area contributed by atoms with E-state index >= 15 is 0 Å². The van der Waals surface area contributed by atoms with Crippen molar-refractivity contribution in [2.45, 2.75) is 32.2 Å². The molecule has 1 aromatic heterocycles. The van der Waals surface area contributed by atoms with Crippen LogP contribution in [0.15, 0.2) is 22.7 Å². The highest BCUT2D eigenvalue weighted by Gasteiger charge is 2.22. The zero-order valence-electron chi connectivity index (χ0n) is 10.8. The van der Waals surface area contributed by atoms with Crippen molar-refractivity contribution in [3.05, 3.63) is 35.4 Å². The summed E-state index contributed by atoms with van der Waals surface area (Å²) in [7, 11) is 0. The summed E-state index contributed by atoms with van der Waals surface area (Å²) in [4.78, 5) is 4.33. The number of aryl methyl sites for hydroxylation is 1. The summed E-state index contributed by atoms with van der Waals surface area (Å²) < 4.78 is 19.2. The Bertz CT molecular complexity index is 576. The van der Waals surface area contributed by atoms with E-state index in [4.69, 9.17) is 4.52 Å². The first-order chi connectivity index (χ1) is 9.25. The predicted molar refractivity (Wildman–Crippen MR) is 69.0 cm³/mol. The molecule has 1 fully saturated rings. The van der Waals surface area contributed by atoms with Crippen molar-refractivity contribution in [1.29, 1.82) is 0 Å². The number of piperidine rings is 1. The normalized spacial score (nSPS) is 19.6. The van der Waals surface area contributed by atoms with Gasteiger partial charge in [-0.3, -0.25) is 0 Å². The Hall–Kier alpha value is -1.75. The molecular formula is C14H16FN3O. The van der Waals surface area contributed by atoms with Crippen LogP contribution in [0, 0.1) is 12.7 Å². The van der Waals surface area contributed by atoms with Gasteiger partial charge in [0.05, 0.1) is 11.6 Å². The van der Waals surface area contributed by atoms with Crippen LogP contribution in [-0.2, 0) is 0 Å². The average molecular weight is 261 g/mol. The third-order valence-electron chi connectivity index (χ3n) is 3.49. The van der Waals surface area contributed by atoms with Crippen LogP contribution in [0.1, 0.15) is 36.7 Å². The number of benzene rings is 1. The molecule has 100 valence electrons. The summed E-state index contributed by atoms with van der Waals surface area (Å²) >= 11 is 0. The van der Waals surface area contributed by atoms with Gasteiger partial charge in [0.15, 0.2) is 5.82 Å². The Labute approximate surface area is 111 Å². The zero-order valence-corrected chi connectivity index (χ0v) is 10.8. The quantitative estimate of drug-likeness (QED) is 0.902. The fourth-order valence-corrected chi connectivity index (χ4v) is 2.37. The predicted octanol–water partition coefficient (Wildman–Crippen LogP) is 3.00. The molecule has 1 N–H and O–H groups in total. The summed E-state index contributed by atoms with van der Waals surface area (Å²) in [6.07, 6.45) is 3.32. The molecule has 1 aliphatic heterocycles. The van der Waals surface area contributed by atoms with Gasteiger partial charge in [0, 0.05) is 0 Å². The van der Waals surface area contributed by atoms with Gasteiger partial charge in [-0.1, -0.05) is 23.7 Å². The first kappa shape index (κ1) is 12.3. The van der Waals surface area contributed by atoms with Crippen LogP contribution in [0.5, 0.6) is 0 Å². The lowest BCUT2D eigenvalue weighted by Crippen LogP contribution is -2.27. The molecule has 1 unspecified atom stereocenters. The highest BCUT2D eigenvalue weighted by molar-refractivity contribution is 5.55. The number of hydrogen-bond acceptors (Lipinski definition) is 4. The molecule has 0 amide bonds. The van der Waals surface area contributed by atoms with E-state index in [1.54, 1.807) is 25.1 Å². The fraction of sp³-hybridized carbons (Fsp3) is 0.429. The number of rotatable bonds is 2. The second kappa shape index (κ2) is 5.09. The molecule has 0 aliphatic carbocycles. The topological polar surface area (TPSA) is 51.0 Å². The van der Waals surface area contributed by atoms with Crippen molar-refractivity contribution in [2.24, 2.45) is 0 Å². The number of nitrogens with zero attached hydrogens (tertiary/aromatic N) is 2. The second-order valence-corrected chi connectivity index (χ2v) is 4.90. The molecule has 1 saturated heterocycles. The molecular weight excluding hydrogens is 245 g/mol. The van der Waals surface area contributed by atoms with Crippen LogP contribution >= 0.6 is 0 Å². The molecule has 2 aromatic rings. The third-order valence-corrected chi connectivity index (χ3v) is 3.49. The minimum Gasteiger partial charge on any atom is -0.334 e. The first-order valence-corrected chi connectivity index (χ1v) is 6.58.